The van der Waals surface area contributed by atoms with E-state index in [1.54, 1.807) is 52.5 Å². The predicted molar refractivity (Wildman–Crippen MR) is 134 cm³/mol. The van der Waals surface area contributed by atoms with Gasteiger partial charge in [-0.15, -0.1) is 0 Å². The number of carbonyl (C=O) groups excluding carboxylic acids is 3. The number of amides is 2. The van der Waals surface area contributed by atoms with E-state index in [4.69, 9.17) is 0 Å². The molecule has 1 fully saturated rings. The number of Topliss-reactive ketones (excluding diaryl/α,β-unsaturated/α-hetero) is 1. The Bertz CT molecular complexity index is 1530. The van der Waals surface area contributed by atoms with Crippen molar-refractivity contribution in [3.8, 4) is 0 Å². The molecule has 1 saturated heterocycles. The second-order valence-electron chi connectivity index (χ2n) is 9.14. The SMILES string of the molecule is O=C(Cc1ccc2nn(CC(=O)N3CCN(C(=O)c4cccnc4)CC3)cc2c1)c1cccc(C(F)(F)F)n1. The van der Waals surface area contributed by atoms with Gasteiger partial charge in [-0.1, -0.05) is 12.1 Å². The number of benzene rings is 1. The van der Waals surface area contributed by atoms with Gasteiger partial charge in [0.05, 0.1) is 11.1 Å². The molecule has 0 N–H and O–H groups in total. The maximum absolute atomic E-state index is 12.9. The summed E-state index contributed by atoms with van der Waals surface area (Å²) in [6, 6.07) is 11.7. The number of pyridine rings is 2. The van der Waals surface area contributed by atoms with Gasteiger partial charge in [0, 0.05) is 56.6 Å². The van der Waals surface area contributed by atoms with Crippen LogP contribution in [0.25, 0.3) is 10.9 Å². The van der Waals surface area contributed by atoms with Crippen LogP contribution in [0.4, 0.5) is 13.2 Å². The first-order valence-corrected chi connectivity index (χ1v) is 12.2. The number of carbonyl (C=O) groups is 3. The Balaban J connectivity index is 1.19. The molecule has 9 nitrogen and oxygen atoms in total. The maximum atomic E-state index is 12.9. The number of halogens is 3. The zero-order valence-corrected chi connectivity index (χ0v) is 20.6. The van der Waals surface area contributed by atoms with Gasteiger partial charge in [0.15, 0.2) is 5.78 Å². The summed E-state index contributed by atoms with van der Waals surface area (Å²) < 4.78 is 40.3. The van der Waals surface area contributed by atoms with Crippen LogP contribution in [0, 0.1) is 0 Å². The van der Waals surface area contributed by atoms with Gasteiger partial charge in [-0.25, -0.2) is 4.98 Å². The van der Waals surface area contributed by atoms with Crippen molar-refractivity contribution in [3.63, 3.8) is 0 Å². The smallest absolute Gasteiger partial charge is 0.338 e. The number of piperazine rings is 1. The van der Waals surface area contributed by atoms with Gasteiger partial charge in [0.1, 0.15) is 17.9 Å². The van der Waals surface area contributed by atoms with E-state index < -0.39 is 17.7 Å². The third kappa shape index (κ3) is 5.95. The number of aromatic nitrogens is 4. The van der Waals surface area contributed by atoms with Crippen LogP contribution >= 0.6 is 0 Å². The van der Waals surface area contributed by atoms with Gasteiger partial charge >= 0.3 is 6.18 Å². The normalized spacial score (nSPS) is 14.0. The molecular formula is C27H23F3N6O3. The van der Waals surface area contributed by atoms with E-state index in [0.29, 0.717) is 48.2 Å². The van der Waals surface area contributed by atoms with Crippen molar-refractivity contribution in [3.05, 3.63) is 89.6 Å². The number of fused-ring (bicyclic) bond motifs is 1. The summed E-state index contributed by atoms with van der Waals surface area (Å²) in [6.45, 7) is 1.65. The van der Waals surface area contributed by atoms with Crippen LogP contribution in [0.2, 0.25) is 0 Å². The minimum Gasteiger partial charge on any atom is -0.338 e. The summed E-state index contributed by atoms with van der Waals surface area (Å²) in [5.41, 5.74) is 0.340. The van der Waals surface area contributed by atoms with E-state index in [0.717, 1.165) is 12.1 Å². The van der Waals surface area contributed by atoms with Crippen LogP contribution < -0.4 is 0 Å². The minimum absolute atomic E-state index is 0.00759. The third-order valence-electron chi connectivity index (χ3n) is 6.43. The summed E-state index contributed by atoms with van der Waals surface area (Å²) in [5.74, 6) is -0.793. The monoisotopic (exact) mass is 536 g/mol. The molecule has 1 aliphatic rings. The topological polar surface area (TPSA) is 101 Å². The quantitative estimate of drug-likeness (QED) is 0.351. The molecule has 0 bridgehead atoms. The number of rotatable bonds is 6. The zero-order chi connectivity index (χ0) is 27.6. The van der Waals surface area contributed by atoms with E-state index in [-0.39, 0.29) is 30.5 Å². The van der Waals surface area contributed by atoms with Crippen molar-refractivity contribution in [2.45, 2.75) is 19.1 Å². The highest BCUT2D eigenvalue weighted by molar-refractivity contribution is 5.96. The van der Waals surface area contributed by atoms with E-state index in [1.807, 2.05) is 0 Å². The Morgan fingerprint density at radius 2 is 1.69 bits per heavy atom. The van der Waals surface area contributed by atoms with Crippen molar-refractivity contribution in [2.75, 3.05) is 26.2 Å². The molecule has 200 valence electrons. The third-order valence-corrected chi connectivity index (χ3v) is 6.43. The Morgan fingerprint density at radius 1 is 0.923 bits per heavy atom. The van der Waals surface area contributed by atoms with E-state index in [1.165, 1.54) is 16.9 Å². The second kappa shape index (κ2) is 10.6. The highest BCUT2D eigenvalue weighted by Crippen LogP contribution is 2.27. The first kappa shape index (κ1) is 26.0. The summed E-state index contributed by atoms with van der Waals surface area (Å²) in [7, 11) is 0. The van der Waals surface area contributed by atoms with Crippen LogP contribution in [0.1, 0.15) is 32.1 Å². The fourth-order valence-electron chi connectivity index (χ4n) is 4.41. The number of alkyl halides is 3. The van der Waals surface area contributed by atoms with Crippen LogP contribution in [-0.2, 0) is 23.9 Å². The number of hydrogen-bond acceptors (Lipinski definition) is 6. The molecule has 0 atom stereocenters. The lowest BCUT2D eigenvalue weighted by atomic mass is 10.0. The van der Waals surface area contributed by atoms with Gasteiger partial charge in [-0.2, -0.15) is 18.3 Å². The molecule has 39 heavy (non-hydrogen) atoms. The van der Waals surface area contributed by atoms with Crippen molar-refractivity contribution in [2.24, 2.45) is 0 Å². The Morgan fingerprint density at radius 3 is 2.41 bits per heavy atom. The molecule has 3 aromatic heterocycles. The fraction of sp³-hybridized carbons (Fsp3) is 0.259. The Kier molecular flexibility index (Phi) is 7.09. The molecule has 5 rings (SSSR count). The predicted octanol–water partition coefficient (Wildman–Crippen LogP) is 3.26. The van der Waals surface area contributed by atoms with Crippen LogP contribution in [0.5, 0.6) is 0 Å². The molecule has 0 unspecified atom stereocenters. The molecule has 0 spiro atoms. The zero-order valence-electron chi connectivity index (χ0n) is 20.6. The molecule has 0 radical (unpaired) electrons. The standard InChI is InChI=1S/C27H23F3N6O3/c28-27(29,30)24-5-1-4-22(32-24)23(37)14-18-6-7-21-20(13-18)16-36(33-21)17-25(38)34-9-11-35(12-10-34)26(39)19-3-2-8-31-15-19/h1-8,13,15-16H,9-12,14,17H2. The molecule has 2 amide bonds. The maximum Gasteiger partial charge on any atom is 0.433 e. The van der Waals surface area contributed by atoms with Crippen molar-refractivity contribution in [1.82, 2.24) is 29.5 Å². The molecule has 12 heteroatoms. The average molecular weight is 537 g/mol. The fourth-order valence-corrected chi connectivity index (χ4v) is 4.41. The van der Waals surface area contributed by atoms with E-state index in [2.05, 4.69) is 15.1 Å². The molecule has 0 aliphatic carbocycles. The van der Waals surface area contributed by atoms with Crippen LogP contribution in [0.3, 0.4) is 0 Å². The van der Waals surface area contributed by atoms with E-state index >= 15 is 0 Å². The molecule has 1 aromatic carbocycles. The molecule has 1 aliphatic heterocycles. The van der Waals surface area contributed by atoms with Crippen molar-refractivity contribution >= 4 is 28.5 Å². The van der Waals surface area contributed by atoms with Gasteiger partial charge < -0.3 is 9.80 Å². The first-order valence-electron chi connectivity index (χ1n) is 12.2. The van der Waals surface area contributed by atoms with Crippen molar-refractivity contribution < 1.29 is 27.6 Å². The highest BCUT2D eigenvalue weighted by Gasteiger charge is 2.33. The minimum atomic E-state index is -4.63. The lowest BCUT2D eigenvalue weighted by Gasteiger charge is -2.34. The van der Waals surface area contributed by atoms with Crippen LogP contribution in [0.15, 0.2) is 67.1 Å². The lowest BCUT2D eigenvalue weighted by Crippen LogP contribution is -2.51. The lowest BCUT2D eigenvalue weighted by molar-refractivity contribution is -0.141. The molecule has 0 saturated carbocycles. The Hall–Kier alpha value is -4.61. The van der Waals surface area contributed by atoms with Crippen LogP contribution in [-0.4, -0.2) is 73.3 Å². The second-order valence-corrected chi connectivity index (χ2v) is 9.14. The first-order chi connectivity index (χ1) is 18.7. The van der Waals surface area contributed by atoms with Gasteiger partial charge in [-0.3, -0.25) is 24.0 Å². The van der Waals surface area contributed by atoms with Gasteiger partial charge in [0.2, 0.25) is 5.91 Å². The van der Waals surface area contributed by atoms with E-state index in [9.17, 15) is 27.6 Å². The average Bonchev–Trinajstić information content (AvgIpc) is 3.34. The Labute approximate surface area is 220 Å². The molecular weight excluding hydrogens is 513 g/mol. The van der Waals surface area contributed by atoms with Gasteiger partial charge in [0.25, 0.3) is 5.91 Å². The number of nitrogens with zero attached hydrogens (tertiary/aromatic N) is 6. The summed E-state index contributed by atoms with van der Waals surface area (Å²) in [5, 5.41) is 5.11. The van der Waals surface area contributed by atoms with Crippen molar-refractivity contribution in [1.29, 1.82) is 0 Å². The summed E-state index contributed by atoms with van der Waals surface area (Å²) >= 11 is 0. The largest absolute Gasteiger partial charge is 0.433 e. The number of hydrogen-bond donors (Lipinski definition) is 0. The summed E-state index contributed by atoms with van der Waals surface area (Å²) in [6.07, 6.45) is 0.0465. The highest BCUT2D eigenvalue weighted by atomic mass is 19.4. The van der Waals surface area contributed by atoms with Gasteiger partial charge in [-0.05, 0) is 42.0 Å². The molecule has 4 aromatic rings. The number of ketones is 1. The molecule has 4 heterocycles. The summed E-state index contributed by atoms with van der Waals surface area (Å²) in [4.78, 5) is 48.9.